The maximum absolute atomic E-state index is 2.48. The van der Waals surface area contributed by atoms with Crippen molar-refractivity contribution in [3.63, 3.8) is 0 Å². The van der Waals surface area contributed by atoms with Gasteiger partial charge < -0.3 is 0 Å². The number of benzene rings is 10. The van der Waals surface area contributed by atoms with E-state index >= 15 is 0 Å². The summed E-state index contributed by atoms with van der Waals surface area (Å²) in [5, 5.41) is 15.9. The molecule has 0 saturated carbocycles. The van der Waals surface area contributed by atoms with Crippen LogP contribution in [0.5, 0.6) is 0 Å². The Morgan fingerprint density at radius 2 is 0.816 bits per heavy atom. The molecule has 0 nitrogen and oxygen atoms in total. The van der Waals surface area contributed by atoms with Crippen molar-refractivity contribution in [2.24, 2.45) is 0 Å². The molecule has 0 saturated heterocycles. The van der Waals surface area contributed by atoms with Gasteiger partial charge in [0.25, 0.3) is 0 Å². The predicted molar refractivity (Wildman–Crippen MR) is 211 cm³/mol. The van der Waals surface area contributed by atoms with E-state index in [2.05, 4.69) is 172 Å². The Kier molecular flexibility index (Phi) is 5.27. The van der Waals surface area contributed by atoms with Gasteiger partial charge >= 0.3 is 0 Å². The minimum absolute atomic E-state index is 0.136. The van der Waals surface area contributed by atoms with Crippen LogP contribution in [0.25, 0.3) is 98.0 Å². The molecule has 10 aromatic rings. The molecule has 11 rings (SSSR count). The van der Waals surface area contributed by atoms with Gasteiger partial charge in [-0.15, -0.1) is 0 Å². The van der Waals surface area contributed by atoms with E-state index in [0.717, 1.165) is 0 Å². The van der Waals surface area contributed by atoms with Crippen LogP contribution >= 0.6 is 0 Å². The number of rotatable bonds is 2. The van der Waals surface area contributed by atoms with Crippen LogP contribution < -0.4 is 0 Å². The van der Waals surface area contributed by atoms with Gasteiger partial charge in [0, 0.05) is 5.41 Å². The highest BCUT2D eigenvalue weighted by Crippen LogP contribution is 2.52. The Bertz CT molecular complexity index is 3010. The van der Waals surface area contributed by atoms with Crippen LogP contribution in [-0.4, -0.2) is 0 Å². The minimum Gasteiger partial charge on any atom is -0.0616 e. The molecule has 0 radical (unpaired) electrons. The maximum atomic E-state index is 2.48. The first-order valence-corrected chi connectivity index (χ1v) is 17.4. The van der Waals surface area contributed by atoms with Gasteiger partial charge in [0.1, 0.15) is 0 Å². The van der Waals surface area contributed by atoms with Crippen LogP contribution in [0.4, 0.5) is 0 Å². The minimum atomic E-state index is -0.136. The van der Waals surface area contributed by atoms with E-state index < -0.39 is 0 Å². The quantitative estimate of drug-likeness (QED) is 0.133. The van der Waals surface area contributed by atoms with Gasteiger partial charge in [0.15, 0.2) is 0 Å². The molecule has 0 heteroatoms. The smallest absolute Gasteiger partial charge is 0.0159 e. The van der Waals surface area contributed by atoms with E-state index in [0.29, 0.717) is 0 Å². The molecule has 0 bridgehead atoms. The molecule has 0 fully saturated rings. The van der Waals surface area contributed by atoms with Gasteiger partial charge in [-0.25, -0.2) is 0 Å². The monoisotopic (exact) mass is 620 g/mol. The molecule has 228 valence electrons. The molecule has 0 N–H and O–H groups in total. The third-order valence-electron chi connectivity index (χ3n) is 11.6. The first-order chi connectivity index (χ1) is 24.1. The molecular weight excluding hydrogens is 589 g/mol. The third-order valence-corrected chi connectivity index (χ3v) is 11.6. The van der Waals surface area contributed by atoms with Gasteiger partial charge in [0.2, 0.25) is 0 Å². The van der Waals surface area contributed by atoms with Gasteiger partial charge in [-0.05, 0) is 127 Å². The summed E-state index contributed by atoms with van der Waals surface area (Å²) in [5.74, 6) is 0. The largest absolute Gasteiger partial charge is 0.0616 e. The van der Waals surface area contributed by atoms with Gasteiger partial charge in [-0.1, -0.05) is 153 Å². The molecule has 0 unspecified atom stereocenters. The van der Waals surface area contributed by atoms with Crippen LogP contribution in [0.2, 0.25) is 0 Å². The van der Waals surface area contributed by atoms with E-state index in [4.69, 9.17) is 0 Å². The fraction of sp³-hybridized carbons (Fsp3) is 0.0612. The fourth-order valence-electron chi connectivity index (χ4n) is 9.24. The topological polar surface area (TPSA) is 0 Å². The number of hydrogen-bond donors (Lipinski definition) is 0. The van der Waals surface area contributed by atoms with E-state index in [1.165, 1.54) is 109 Å². The molecule has 49 heavy (non-hydrogen) atoms. The van der Waals surface area contributed by atoms with Gasteiger partial charge in [-0.2, -0.15) is 0 Å². The Labute approximate surface area is 285 Å². The molecule has 0 heterocycles. The van der Waals surface area contributed by atoms with E-state index in [1.807, 2.05) is 0 Å². The SMILES string of the molecule is CC1(C)c2cc(-c3cc4ccccc4c4ccccc34)ccc2-c2ccc(-c3ccc4c5ccccc5c5cccc6ccc3c4c65)cc21. The van der Waals surface area contributed by atoms with Crippen molar-refractivity contribution in [3.05, 3.63) is 169 Å². The van der Waals surface area contributed by atoms with Crippen molar-refractivity contribution in [2.45, 2.75) is 19.3 Å². The van der Waals surface area contributed by atoms with E-state index in [9.17, 15) is 0 Å². The second-order valence-corrected chi connectivity index (χ2v) is 14.4. The fourth-order valence-corrected chi connectivity index (χ4v) is 9.24. The molecule has 0 amide bonds. The summed E-state index contributed by atoms with van der Waals surface area (Å²) in [7, 11) is 0. The van der Waals surface area contributed by atoms with Crippen molar-refractivity contribution in [1.29, 1.82) is 0 Å². The average molecular weight is 621 g/mol. The molecule has 0 aliphatic heterocycles. The summed E-state index contributed by atoms with van der Waals surface area (Å²) in [5.41, 5.74) is 10.5. The summed E-state index contributed by atoms with van der Waals surface area (Å²) >= 11 is 0. The number of fused-ring (bicyclic) bond motifs is 9. The first kappa shape index (κ1) is 27.0. The van der Waals surface area contributed by atoms with Gasteiger partial charge in [0.05, 0.1) is 0 Å². The summed E-state index contributed by atoms with van der Waals surface area (Å²) in [6.45, 7) is 4.81. The Morgan fingerprint density at radius 3 is 1.53 bits per heavy atom. The van der Waals surface area contributed by atoms with Crippen molar-refractivity contribution in [1.82, 2.24) is 0 Å². The highest BCUT2D eigenvalue weighted by Gasteiger charge is 2.36. The van der Waals surface area contributed by atoms with Crippen molar-refractivity contribution in [3.8, 4) is 33.4 Å². The zero-order valence-corrected chi connectivity index (χ0v) is 27.5. The van der Waals surface area contributed by atoms with Crippen molar-refractivity contribution in [2.75, 3.05) is 0 Å². The van der Waals surface area contributed by atoms with Crippen LogP contribution in [0.1, 0.15) is 25.0 Å². The molecule has 0 atom stereocenters. The van der Waals surface area contributed by atoms with Crippen LogP contribution in [0, 0.1) is 0 Å². The highest BCUT2D eigenvalue weighted by molar-refractivity contribution is 6.35. The molecular formula is C49H32. The highest BCUT2D eigenvalue weighted by atomic mass is 14.4. The summed E-state index contributed by atoms with van der Waals surface area (Å²) < 4.78 is 0. The lowest BCUT2D eigenvalue weighted by molar-refractivity contribution is 0.661. The lowest BCUT2D eigenvalue weighted by Crippen LogP contribution is -2.15. The zero-order chi connectivity index (χ0) is 32.4. The van der Waals surface area contributed by atoms with E-state index in [1.54, 1.807) is 0 Å². The van der Waals surface area contributed by atoms with Crippen LogP contribution in [0.3, 0.4) is 0 Å². The molecule has 1 aliphatic rings. The molecule has 0 spiro atoms. The molecule has 10 aromatic carbocycles. The van der Waals surface area contributed by atoms with Crippen LogP contribution in [-0.2, 0) is 5.41 Å². The number of hydrogen-bond acceptors (Lipinski definition) is 0. The molecule has 0 aromatic heterocycles. The summed E-state index contributed by atoms with van der Waals surface area (Å²) in [6.07, 6.45) is 0. The van der Waals surface area contributed by atoms with Crippen molar-refractivity contribution >= 4 is 64.6 Å². The van der Waals surface area contributed by atoms with E-state index in [-0.39, 0.29) is 5.41 Å². The first-order valence-electron chi connectivity index (χ1n) is 17.4. The Balaban J connectivity index is 1.09. The standard InChI is InChI=1S/C49H32/c1-49(2)45-27-31(34-24-25-43-37-15-7-6-14-36(37)41-17-9-11-29-18-23-42(34)48(43)47(29)41)19-21-39(45)40-22-20-32(28-46(40)49)44-26-30-10-3-4-12-33(30)35-13-5-8-16-38(35)44/h3-28H,1-2H3. The maximum Gasteiger partial charge on any atom is 0.0159 e. The average Bonchev–Trinajstić information content (AvgIpc) is 3.38. The third kappa shape index (κ3) is 3.58. The Hall–Kier alpha value is -5.98. The predicted octanol–water partition coefficient (Wildman–Crippen LogP) is 13.7. The molecule has 1 aliphatic carbocycles. The zero-order valence-electron chi connectivity index (χ0n) is 27.5. The second-order valence-electron chi connectivity index (χ2n) is 14.4. The summed E-state index contributed by atoms with van der Waals surface area (Å²) in [6, 6.07) is 59.4. The summed E-state index contributed by atoms with van der Waals surface area (Å²) in [4.78, 5) is 0. The Morgan fingerprint density at radius 1 is 0.306 bits per heavy atom. The lowest BCUT2D eigenvalue weighted by Gasteiger charge is -2.23. The van der Waals surface area contributed by atoms with Crippen LogP contribution in [0.15, 0.2) is 158 Å². The lowest BCUT2D eigenvalue weighted by atomic mass is 9.80. The second kappa shape index (κ2) is 9.56. The normalized spacial score (nSPS) is 13.7. The van der Waals surface area contributed by atoms with Crippen molar-refractivity contribution < 1.29 is 0 Å². The van der Waals surface area contributed by atoms with Gasteiger partial charge in [-0.3, -0.25) is 0 Å².